The number of carbonyl (C=O) groups excluding carboxylic acids is 3. The highest BCUT2D eigenvalue weighted by atomic mass is 19.4. The number of hydrogen-bond donors (Lipinski definition) is 5. The van der Waals surface area contributed by atoms with Crippen molar-refractivity contribution in [2.75, 3.05) is 13.7 Å². The summed E-state index contributed by atoms with van der Waals surface area (Å²) >= 11 is 0. The van der Waals surface area contributed by atoms with Gasteiger partial charge < -0.3 is 35.6 Å². The molecule has 5 N–H and O–H groups in total. The second kappa shape index (κ2) is 17.0. The smallest absolute Gasteiger partial charge is 0.416 e. The molecule has 0 bridgehead atoms. The van der Waals surface area contributed by atoms with Crippen molar-refractivity contribution in [3.63, 3.8) is 0 Å². The number of aliphatic hydroxyl groups is 1. The number of benzene rings is 3. The lowest BCUT2D eigenvalue weighted by molar-refractivity contribution is -0.215. The van der Waals surface area contributed by atoms with E-state index < -0.39 is 66.6 Å². The van der Waals surface area contributed by atoms with Gasteiger partial charge >= 0.3 is 12.1 Å². The van der Waals surface area contributed by atoms with Crippen LogP contribution >= 0.6 is 0 Å². The number of rotatable bonds is 15. The van der Waals surface area contributed by atoms with Crippen LogP contribution in [-0.2, 0) is 20.8 Å². The summed E-state index contributed by atoms with van der Waals surface area (Å²) in [6, 6.07) is 14.7. The topological polar surface area (TPSA) is 187 Å². The monoisotopic (exact) mass is 684 g/mol. The first-order valence-electron chi connectivity index (χ1n) is 14.9. The molecular formula is C34H35F3N4O8. The zero-order valence-electron chi connectivity index (χ0n) is 26.7. The van der Waals surface area contributed by atoms with Crippen LogP contribution < -0.4 is 25.4 Å². The molecule has 0 aromatic heterocycles. The summed E-state index contributed by atoms with van der Waals surface area (Å²) in [5.74, 6) is -4.43. The van der Waals surface area contributed by atoms with E-state index in [0.717, 1.165) is 0 Å². The molecule has 0 saturated carbocycles. The Bertz CT molecular complexity index is 1670. The number of nitriles is 1. The Kier molecular flexibility index (Phi) is 13.1. The summed E-state index contributed by atoms with van der Waals surface area (Å²) in [6.45, 7) is 2.09. The number of methoxy groups -OCH3 is 1. The average molecular weight is 685 g/mol. The second-order valence-electron chi connectivity index (χ2n) is 11.2. The highest BCUT2D eigenvalue weighted by molar-refractivity contribution is 5.99. The highest BCUT2D eigenvalue weighted by Gasteiger charge is 2.46. The number of aliphatic carboxylic acids is 1. The van der Waals surface area contributed by atoms with Crippen LogP contribution in [0.4, 0.5) is 13.2 Å². The van der Waals surface area contributed by atoms with Gasteiger partial charge in [-0.1, -0.05) is 44.2 Å². The first-order valence-corrected chi connectivity index (χ1v) is 14.9. The lowest BCUT2D eigenvalue weighted by Gasteiger charge is -2.31. The fourth-order valence-electron chi connectivity index (χ4n) is 4.73. The zero-order valence-corrected chi connectivity index (χ0v) is 26.7. The van der Waals surface area contributed by atoms with E-state index in [1.54, 1.807) is 12.1 Å². The van der Waals surface area contributed by atoms with Crippen molar-refractivity contribution in [3.8, 4) is 17.6 Å². The summed E-state index contributed by atoms with van der Waals surface area (Å²) < 4.78 is 50.7. The van der Waals surface area contributed by atoms with Crippen LogP contribution in [0.2, 0.25) is 0 Å². The predicted molar refractivity (Wildman–Crippen MR) is 168 cm³/mol. The van der Waals surface area contributed by atoms with E-state index >= 15 is 0 Å². The van der Waals surface area contributed by atoms with Crippen LogP contribution in [0.5, 0.6) is 11.5 Å². The third kappa shape index (κ3) is 11.0. The molecule has 3 rings (SSSR count). The van der Waals surface area contributed by atoms with Crippen LogP contribution in [0.1, 0.15) is 46.9 Å². The number of ether oxygens (including phenoxy) is 2. The Morgan fingerprint density at radius 3 is 2.16 bits per heavy atom. The molecule has 49 heavy (non-hydrogen) atoms. The van der Waals surface area contributed by atoms with Crippen molar-refractivity contribution in [2.24, 2.45) is 5.92 Å². The standard InChI is InChI=1S/C34H35F3N4O8/c1-19(2)28(30(44)34(35,36)37)40-33(47)29(22-10-12-24(48-3)13-11-22)41-32(46)26(15-20-6-4-7-21(14-20)17-38)39-31(45)23-8-5-9-25(16-23)49-18-27(42)43/h4-14,16,19,26,28-30,44H,15,18H2,1-3H3,(H,39,45)(H,40,47)(H,41,46)(H,42,43). The minimum atomic E-state index is -5.05. The number of carboxylic acids is 1. The molecule has 0 aliphatic heterocycles. The van der Waals surface area contributed by atoms with Crippen molar-refractivity contribution in [1.29, 1.82) is 5.26 Å². The Hall–Kier alpha value is -5.62. The first kappa shape index (κ1) is 37.8. The van der Waals surface area contributed by atoms with Gasteiger partial charge in [-0.05, 0) is 59.5 Å². The normalized spacial score (nSPS) is 13.6. The Morgan fingerprint density at radius 2 is 1.57 bits per heavy atom. The predicted octanol–water partition coefficient (Wildman–Crippen LogP) is 3.29. The van der Waals surface area contributed by atoms with Gasteiger partial charge in [0.15, 0.2) is 12.7 Å². The molecule has 3 aromatic rings. The van der Waals surface area contributed by atoms with Gasteiger partial charge in [0, 0.05) is 12.0 Å². The second-order valence-corrected chi connectivity index (χ2v) is 11.2. The quantitative estimate of drug-likeness (QED) is 0.160. The minimum Gasteiger partial charge on any atom is -0.497 e. The fourth-order valence-corrected chi connectivity index (χ4v) is 4.73. The van der Waals surface area contributed by atoms with Crippen LogP contribution in [0.3, 0.4) is 0 Å². The van der Waals surface area contributed by atoms with Gasteiger partial charge in [-0.3, -0.25) is 14.4 Å². The number of halogens is 3. The van der Waals surface area contributed by atoms with Gasteiger partial charge in [0.1, 0.15) is 23.6 Å². The van der Waals surface area contributed by atoms with Gasteiger partial charge in [0.25, 0.3) is 5.91 Å². The number of nitrogens with zero attached hydrogens (tertiary/aromatic N) is 1. The summed E-state index contributed by atoms with van der Waals surface area (Å²) in [6.07, 6.45) is -8.14. The van der Waals surface area contributed by atoms with Crippen LogP contribution in [-0.4, -0.2) is 72.0 Å². The van der Waals surface area contributed by atoms with Crippen LogP contribution in [0.25, 0.3) is 0 Å². The van der Waals surface area contributed by atoms with Crippen molar-refractivity contribution < 1.29 is 52.0 Å². The summed E-state index contributed by atoms with van der Waals surface area (Å²) in [7, 11) is 1.40. The van der Waals surface area contributed by atoms with Gasteiger partial charge in [0.05, 0.1) is 24.8 Å². The molecule has 0 heterocycles. The molecular weight excluding hydrogens is 649 g/mol. The summed E-state index contributed by atoms with van der Waals surface area (Å²) in [4.78, 5) is 51.8. The SMILES string of the molecule is COc1ccc(C(NC(=O)C(Cc2cccc(C#N)c2)NC(=O)c2cccc(OCC(=O)O)c2)C(=O)NC(C(C)C)C(O)C(F)(F)F)cc1. The van der Waals surface area contributed by atoms with E-state index in [1.807, 2.05) is 6.07 Å². The van der Waals surface area contributed by atoms with E-state index in [1.165, 1.54) is 81.6 Å². The number of amides is 3. The maximum absolute atomic E-state index is 13.9. The molecule has 0 radical (unpaired) electrons. The van der Waals surface area contributed by atoms with Crippen LogP contribution in [0.15, 0.2) is 72.8 Å². The molecule has 0 aliphatic carbocycles. The van der Waals surface area contributed by atoms with Crippen molar-refractivity contribution in [2.45, 2.75) is 50.7 Å². The van der Waals surface area contributed by atoms with E-state index in [0.29, 0.717) is 11.3 Å². The van der Waals surface area contributed by atoms with Gasteiger partial charge in [-0.2, -0.15) is 18.4 Å². The van der Waals surface area contributed by atoms with E-state index in [2.05, 4.69) is 16.0 Å². The molecule has 4 atom stereocenters. The number of carbonyl (C=O) groups is 4. The molecule has 260 valence electrons. The Labute approximate surface area is 279 Å². The van der Waals surface area contributed by atoms with Crippen molar-refractivity contribution in [1.82, 2.24) is 16.0 Å². The minimum absolute atomic E-state index is 0.00294. The van der Waals surface area contributed by atoms with Crippen molar-refractivity contribution >= 4 is 23.7 Å². The van der Waals surface area contributed by atoms with Crippen LogP contribution in [0, 0.1) is 17.2 Å². The Morgan fingerprint density at radius 1 is 0.898 bits per heavy atom. The first-order chi connectivity index (χ1) is 23.1. The zero-order chi connectivity index (χ0) is 36.3. The average Bonchev–Trinajstić information content (AvgIpc) is 3.07. The van der Waals surface area contributed by atoms with Crippen molar-refractivity contribution in [3.05, 3.63) is 95.1 Å². The number of alkyl halides is 3. The molecule has 0 saturated heterocycles. The lowest BCUT2D eigenvalue weighted by atomic mass is 9.96. The number of aliphatic hydroxyl groups excluding tert-OH is 1. The summed E-state index contributed by atoms with van der Waals surface area (Å²) in [5.41, 5.74) is 0.869. The largest absolute Gasteiger partial charge is 0.497 e. The number of carboxylic acid groups (broad SMARTS) is 1. The van der Waals surface area contributed by atoms with E-state index in [4.69, 9.17) is 14.6 Å². The summed E-state index contributed by atoms with van der Waals surface area (Å²) in [5, 5.41) is 35.6. The number of nitrogens with one attached hydrogen (secondary N) is 3. The van der Waals surface area contributed by atoms with Gasteiger partial charge in [-0.15, -0.1) is 0 Å². The van der Waals surface area contributed by atoms with E-state index in [9.17, 15) is 42.7 Å². The third-order valence-electron chi connectivity index (χ3n) is 7.28. The molecule has 4 unspecified atom stereocenters. The molecule has 3 amide bonds. The third-order valence-corrected chi connectivity index (χ3v) is 7.28. The molecule has 0 aliphatic rings. The Balaban J connectivity index is 1.98. The van der Waals surface area contributed by atoms with Gasteiger partial charge in [-0.25, -0.2) is 4.79 Å². The lowest BCUT2D eigenvalue weighted by Crippen LogP contribution is -2.56. The highest BCUT2D eigenvalue weighted by Crippen LogP contribution is 2.27. The molecule has 3 aromatic carbocycles. The van der Waals surface area contributed by atoms with E-state index in [-0.39, 0.29) is 28.9 Å². The fraction of sp³-hybridized carbons (Fsp3) is 0.324. The molecule has 0 spiro atoms. The van der Waals surface area contributed by atoms with Gasteiger partial charge in [0.2, 0.25) is 11.8 Å². The maximum atomic E-state index is 13.9. The number of hydrogen-bond acceptors (Lipinski definition) is 8. The molecule has 12 nitrogen and oxygen atoms in total. The maximum Gasteiger partial charge on any atom is 0.416 e. The molecule has 15 heteroatoms. The molecule has 0 fully saturated rings.